The lowest BCUT2D eigenvalue weighted by atomic mass is 10.1. The SMILES string of the molecule is O=C1Nc2ccc(S(=O)(=O)Nc3cccc(S(=O)(=O)N4CCCCC4)c3)c3cccc1c23. The largest absolute Gasteiger partial charge is 0.321 e. The summed E-state index contributed by atoms with van der Waals surface area (Å²) in [6.07, 6.45) is 2.63. The van der Waals surface area contributed by atoms with E-state index in [1.54, 1.807) is 24.3 Å². The average molecular weight is 472 g/mol. The Hall–Kier alpha value is -2.95. The maximum Gasteiger partial charge on any atom is 0.262 e. The van der Waals surface area contributed by atoms with Gasteiger partial charge in [0.2, 0.25) is 10.0 Å². The molecule has 0 spiro atoms. The highest BCUT2D eigenvalue weighted by Gasteiger charge is 2.28. The van der Waals surface area contributed by atoms with E-state index in [-0.39, 0.29) is 21.4 Å². The van der Waals surface area contributed by atoms with Crippen LogP contribution in [-0.2, 0) is 20.0 Å². The van der Waals surface area contributed by atoms with Crippen molar-refractivity contribution in [2.24, 2.45) is 0 Å². The number of carbonyl (C=O) groups is 1. The van der Waals surface area contributed by atoms with Crippen LogP contribution in [0.2, 0.25) is 0 Å². The molecule has 2 heterocycles. The number of benzene rings is 3. The van der Waals surface area contributed by atoms with Crippen molar-refractivity contribution in [2.45, 2.75) is 29.1 Å². The predicted molar refractivity (Wildman–Crippen MR) is 122 cm³/mol. The molecule has 0 atom stereocenters. The van der Waals surface area contributed by atoms with Crippen molar-refractivity contribution in [3.8, 4) is 0 Å². The third-order valence-corrected chi connectivity index (χ3v) is 9.16. The number of hydrogen-bond acceptors (Lipinski definition) is 5. The van der Waals surface area contributed by atoms with Crippen molar-refractivity contribution in [1.29, 1.82) is 0 Å². The number of nitrogens with one attached hydrogen (secondary N) is 2. The number of rotatable bonds is 5. The highest BCUT2D eigenvalue weighted by atomic mass is 32.2. The van der Waals surface area contributed by atoms with Crippen molar-refractivity contribution < 1.29 is 21.6 Å². The molecule has 3 aromatic carbocycles. The molecule has 0 aromatic heterocycles. The highest BCUT2D eigenvalue weighted by molar-refractivity contribution is 7.93. The van der Waals surface area contributed by atoms with Gasteiger partial charge in [-0.25, -0.2) is 16.8 Å². The predicted octanol–water partition coefficient (Wildman–Crippen LogP) is 3.38. The van der Waals surface area contributed by atoms with Crippen LogP contribution in [0.5, 0.6) is 0 Å². The van der Waals surface area contributed by atoms with Crippen LogP contribution in [-0.4, -0.2) is 40.1 Å². The molecule has 0 unspecified atom stereocenters. The first-order valence-electron chi connectivity index (χ1n) is 10.3. The van der Waals surface area contributed by atoms with Gasteiger partial charge >= 0.3 is 0 Å². The monoisotopic (exact) mass is 471 g/mol. The molecule has 2 N–H and O–H groups in total. The fourth-order valence-corrected chi connectivity index (χ4v) is 7.10. The van der Waals surface area contributed by atoms with Crippen molar-refractivity contribution in [1.82, 2.24) is 4.31 Å². The fourth-order valence-electron chi connectivity index (χ4n) is 4.28. The molecular formula is C22H21N3O5S2. The normalized spacial score (nSPS) is 16.8. The minimum Gasteiger partial charge on any atom is -0.321 e. The Kier molecular flexibility index (Phi) is 4.95. The van der Waals surface area contributed by atoms with E-state index in [4.69, 9.17) is 0 Å². The van der Waals surface area contributed by atoms with Gasteiger partial charge < -0.3 is 5.32 Å². The molecule has 2 aliphatic heterocycles. The van der Waals surface area contributed by atoms with Crippen LogP contribution < -0.4 is 10.0 Å². The van der Waals surface area contributed by atoms with E-state index < -0.39 is 20.0 Å². The minimum atomic E-state index is -4.05. The molecule has 32 heavy (non-hydrogen) atoms. The van der Waals surface area contributed by atoms with Gasteiger partial charge in [-0.1, -0.05) is 24.6 Å². The topological polar surface area (TPSA) is 113 Å². The van der Waals surface area contributed by atoms with E-state index in [1.807, 2.05) is 0 Å². The van der Waals surface area contributed by atoms with Crippen LogP contribution in [0.15, 0.2) is 64.4 Å². The van der Waals surface area contributed by atoms with Crippen LogP contribution in [0.3, 0.4) is 0 Å². The van der Waals surface area contributed by atoms with Gasteiger partial charge in [0.1, 0.15) is 0 Å². The molecule has 166 valence electrons. The molecule has 8 nitrogen and oxygen atoms in total. The molecule has 0 aliphatic carbocycles. The molecule has 2 aliphatic rings. The molecular weight excluding hydrogens is 450 g/mol. The Morgan fingerprint density at radius 3 is 2.41 bits per heavy atom. The summed E-state index contributed by atoms with van der Waals surface area (Å²) in [6, 6.07) is 13.8. The Balaban J connectivity index is 1.51. The van der Waals surface area contributed by atoms with Crippen molar-refractivity contribution in [3.05, 3.63) is 60.2 Å². The average Bonchev–Trinajstić information content (AvgIpc) is 3.11. The van der Waals surface area contributed by atoms with Crippen molar-refractivity contribution in [2.75, 3.05) is 23.1 Å². The van der Waals surface area contributed by atoms with Crippen molar-refractivity contribution >= 4 is 48.1 Å². The quantitative estimate of drug-likeness (QED) is 0.592. The van der Waals surface area contributed by atoms with Crippen LogP contribution in [0.1, 0.15) is 29.6 Å². The number of piperidine rings is 1. The van der Waals surface area contributed by atoms with Gasteiger partial charge in [0.05, 0.1) is 15.5 Å². The molecule has 5 rings (SSSR count). The number of sulfonamides is 2. The van der Waals surface area contributed by atoms with E-state index in [0.717, 1.165) is 19.3 Å². The van der Waals surface area contributed by atoms with E-state index in [0.29, 0.717) is 35.1 Å². The van der Waals surface area contributed by atoms with E-state index >= 15 is 0 Å². The van der Waals surface area contributed by atoms with E-state index in [2.05, 4.69) is 10.0 Å². The molecule has 1 saturated heterocycles. The van der Waals surface area contributed by atoms with Gasteiger partial charge in [-0.3, -0.25) is 9.52 Å². The standard InChI is InChI=1S/C22H21N3O5S2/c26-22-18-9-5-8-17-20(11-10-19(23-22)21(17)18)31(27,28)24-15-6-4-7-16(14-15)32(29,30)25-12-2-1-3-13-25/h4-11,14,24H,1-3,12-13H2,(H,23,26). The highest BCUT2D eigenvalue weighted by Crippen LogP contribution is 2.37. The van der Waals surface area contributed by atoms with Gasteiger partial charge in [-0.15, -0.1) is 0 Å². The molecule has 1 amide bonds. The maximum absolute atomic E-state index is 13.2. The van der Waals surface area contributed by atoms with Crippen molar-refractivity contribution in [3.63, 3.8) is 0 Å². The first-order valence-corrected chi connectivity index (χ1v) is 13.2. The van der Waals surface area contributed by atoms with E-state index in [1.165, 1.54) is 34.6 Å². The van der Waals surface area contributed by atoms with Gasteiger partial charge in [0.25, 0.3) is 15.9 Å². The summed E-state index contributed by atoms with van der Waals surface area (Å²) in [5.74, 6) is -0.274. The minimum absolute atomic E-state index is 0.0129. The third kappa shape index (κ3) is 3.44. The number of nitrogens with zero attached hydrogens (tertiary/aromatic N) is 1. The molecule has 0 radical (unpaired) electrons. The Bertz CT molecular complexity index is 1460. The zero-order valence-electron chi connectivity index (χ0n) is 17.0. The van der Waals surface area contributed by atoms with Gasteiger partial charge in [0, 0.05) is 35.1 Å². The first-order chi connectivity index (χ1) is 15.3. The second kappa shape index (κ2) is 7.58. The summed E-state index contributed by atoms with van der Waals surface area (Å²) >= 11 is 0. The molecule has 3 aromatic rings. The molecule has 0 saturated carbocycles. The van der Waals surface area contributed by atoms with Crippen LogP contribution in [0.4, 0.5) is 11.4 Å². The summed E-state index contributed by atoms with van der Waals surface area (Å²) in [7, 11) is -7.74. The van der Waals surface area contributed by atoms with Gasteiger partial charge in [0.15, 0.2) is 0 Å². The summed E-state index contributed by atoms with van der Waals surface area (Å²) in [5, 5.41) is 3.71. The zero-order valence-corrected chi connectivity index (χ0v) is 18.7. The smallest absolute Gasteiger partial charge is 0.262 e. The van der Waals surface area contributed by atoms with E-state index in [9.17, 15) is 21.6 Å². The van der Waals surface area contributed by atoms with Gasteiger partial charge in [-0.2, -0.15) is 4.31 Å². The second-order valence-electron chi connectivity index (χ2n) is 7.89. The number of hydrogen-bond donors (Lipinski definition) is 2. The van der Waals surface area contributed by atoms with Gasteiger partial charge in [-0.05, 0) is 49.2 Å². The summed E-state index contributed by atoms with van der Waals surface area (Å²) in [5.41, 5.74) is 1.14. The number of carbonyl (C=O) groups excluding carboxylic acids is 1. The molecule has 0 bridgehead atoms. The summed E-state index contributed by atoms with van der Waals surface area (Å²) in [4.78, 5) is 12.2. The maximum atomic E-state index is 13.2. The molecule has 1 fully saturated rings. The van der Waals surface area contributed by atoms with Crippen LogP contribution >= 0.6 is 0 Å². The Labute approximate surface area is 186 Å². The number of anilines is 2. The lowest BCUT2D eigenvalue weighted by Gasteiger charge is -2.26. The second-order valence-corrected chi connectivity index (χ2v) is 11.5. The van der Waals surface area contributed by atoms with Crippen LogP contribution in [0.25, 0.3) is 10.8 Å². The lowest BCUT2D eigenvalue weighted by Crippen LogP contribution is -2.35. The van der Waals surface area contributed by atoms with Crippen LogP contribution in [0, 0.1) is 0 Å². The Morgan fingerprint density at radius 2 is 1.62 bits per heavy atom. The fraction of sp³-hybridized carbons (Fsp3) is 0.227. The Morgan fingerprint density at radius 1 is 0.875 bits per heavy atom. The first kappa shape index (κ1) is 20.9. The summed E-state index contributed by atoms with van der Waals surface area (Å²) in [6.45, 7) is 0.928. The summed E-state index contributed by atoms with van der Waals surface area (Å²) < 4.78 is 56.3. The zero-order chi connectivity index (χ0) is 22.5. The molecule has 10 heteroatoms. The lowest BCUT2D eigenvalue weighted by molar-refractivity contribution is 0.103. The third-order valence-electron chi connectivity index (χ3n) is 5.82. The number of amides is 1.